The van der Waals surface area contributed by atoms with Crippen molar-refractivity contribution in [2.24, 2.45) is 0 Å². The summed E-state index contributed by atoms with van der Waals surface area (Å²) in [4.78, 5) is 2.47. The lowest BCUT2D eigenvalue weighted by Gasteiger charge is -2.28. The number of aromatic nitrogens is 2. The Bertz CT molecular complexity index is 742. The van der Waals surface area contributed by atoms with E-state index in [4.69, 9.17) is 0 Å². The van der Waals surface area contributed by atoms with Crippen molar-refractivity contribution in [1.29, 1.82) is 0 Å². The summed E-state index contributed by atoms with van der Waals surface area (Å²) in [6.07, 6.45) is 3.93. The van der Waals surface area contributed by atoms with E-state index in [2.05, 4.69) is 46.4 Å². The molecular weight excluding hydrogens is 278 g/mol. The van der Waals surface area contributed by atoms with Gasteiger partial charge in [0.15, 0.2) is 0 Å². The van der Waals surface area contributed by atoms with Gasteiger partial charge < -0.3 is 4.90 Å². The number of hydrogen-bond acceptors (Lipinski definition) is 3. The summed E-state index contributed by atoms with van der Waals surface area (Å²) in [5.41, 5.74) is 4.90. The Hall–Kier alpha value is -1.94. The molecule has 4 rings (SSSR count). The third-order valence-electron chi connectivity index (χ3n) is 3.98. The normalized spacial score (nSPS) is 15.5. The first kappa shape index (κ1) is 12.8. The maximum Gasteiger partial charge on any atom is 0.0740 e. The largest absolute Gasteiger partial charge is 0.370 e. The monoisotopic (exact) mass is 295 g/mol. The molecule has 0 unspecified atom stereocenters. The van der Waals surface area contributed by atoms with Crippen molar-refractivity contribution in [2.45, 2.75) is 0 Å². The summed E-state index contributed by atoms with van der Waals surface area (Å²) in [7, 11) is 0. The fourth-order valence-electron chi connectivity index (χ4n) is 2.83. The fraction of sp³-hybridized carbons (Fsp3) is 0.235. The molecule has 21 heavy (non-hydrogen) atoms. The molecule has 0 amide bonds. The maximum atomic E-state index is 4.41. The van der Waals surface area contributed by atoms with Crippen molar-refractivity contribution in [3.05, 3.63) is 54.9 Å². The average Bonchev–Trinajstić information content (AvgIpc) is 3.00. The number of hydrogen-bond donors (Lipinski definition) is 0. The molecule has 3 nitrogen and oxygen atoms in total. The molecule has 106 valence electrons. The standard InChI is InChI=1S/C17H17N3S/c1-2-8-20-17(3-1)16(13-18-20)14-4-6-15(7-5-14)19-9-11-21-12-10-19/h1-8,13H,9-12H2. The molecule has 1 aliphatic rings. The summed E-state index contributed by atoms with van der Waals surface area (Å²) in [5.74, 6) is 2.46. The molecule has 0 radical (unpaired) electrons. The third-order valence-corrected chi connectivity index (χ3v) is 4.92. The number of nitrogens with zero attached hydrogens (tertiary/aromatic N) is 3. The Labute approximate surface area is 128 Å². The van der Waals surface area contributed by atoms with E-state index in [9.17, 15) is 0 Å². The van der Waals surface area contributed by atoms with Gasteiger partial charge in [-0.05, 0) is 29.8 Å². The minimum atomic E-state index is 1.15. The van der Waals surface area contributed by atoms with Crippen LogP contribution in [0.4, 0.5) is 5.69 Å². The van der Waals surface area contributed by atoms with Crippen LogP contribution in [0.15, 0.2) is 54.9 Å². The van der Waals surface area contributed by atoms with E-state index in [-0.39, 0.29) is 0 Å². The second-order valence-corrected chi connectivity index (χ2v) is 6.46. The van der Waals surface area contributed by atoms with Gasteiger partial charge in [-0.1, -0.05) is 18.2 Å². The highest BCUT2D eigenvalue weighted by Crippen LogP contribution is 2.27. The lowest BCUT2D eigenvalue weighted by Crippen LogP contribution is -2.32. The van der Waals surface area contributed by atoms with E-state index in [1.54, 1.807) is 0 Å². The number of benzene rings is 1. The summed E-state index contributed by atoms with van der Waals surface area (Å²) in [6.45, 7) is 2.31. The summed E-state index contributed by atoms with van der Waals surface area (Å²) in [5, 5.41) is 4.41. The molecule has 0 saturated carbocycles. The van der Waals surface area contributed by atoms with Gasteiger partial charge >= 0.3 is 0 Å². The van der Waals surface area contributed by atoms with Crippen molar-refractivity contribution in [2.75, 3.05) is 29.5 Å². The molecule has 1 aromatic carbocycles. The predicted molar refractivity (Wildman–Crippen MR) is 90.2 cm³/mol. The zero-order chi connectivity index (χ0) is 14.1. The quantitative estimate of drug-likeness (QED) is 0.721. The first-order valence-electron chi connectivity index (χ1n) is 7.27. The van der Waals surface area contributed by atoms with Crippen LogP contribution in [0.3, 0.4) is 0 Å². The van der Waals surface area contributed by atoms with Crippen LogP contribution >= 0.6 is 11.8 Å². The summed E-state index contributed by atoms with van der Waals surface area (Å²) in [6, 6.07) is 15.1. The SMILES string of the molecule is c1ccn2ncc(-c3ccc(N4CCSCC4)cc3)c2c1. The zero-order valence-electron chi connectivity index (χ0n) is 11.8. The van der Waals surface area contributed by atoms with Gasteiger partial charge in [0.2, 0.25) is 0 Å². The van der Waals surface area contributed by atoms with Crippen molar-refractivity contribution in [3.63, 3.8) is 0 Å². The lowest BCUT2D eigenvalue weighted by atomic mass is 10.1. The molecule has 4 heteroatoms. The molecule has 0 bridgehead atoms. The minimum absolute atomic E-state index is 1.15. The molecule has 0 spiro atoms. The van der Waals surface area contributed by atoms with E-state index in [0.29, 0.717) is 0 Å². The lowest BCUT2D eigenvalue weighted by molar-refractivity contribution is 0.859. The van der Waals surface area contributed by atoms with Crippen LogP contribution in [0, 0.1) is 0 Å². The summed E-state index contributed by atoms with van der Waals surface area (Å²) >= 11 is 2.04. The van der Waals surface area contributed by atoms with Gasteiger partial charge in [-0.25, -0.2) is 4.52 Å². The van der Waals surface area contributed by atoms with Crippen LogP contribution in [0.25, 0.3) is 16.6 Å². The Morgan fingerprint density at radius 3 is 2.57 bits per heavy atom. The predicted octanol–water partition coefficient (Wildman–Crippen LogP) is 3.55. The highest BCUT2D eigenvalue weighted by Gasteiger charge is 2.12. The Morgan fingerprint density at radius 1 is 0.952 bits per heavy atom. The smallest absolute Gasteiger partial charge is 0.0740 e. The minimum Gasteiger partial charge on any atom is -0.370 e. The summed E-state index contributed by atoms with van der Waals surface area (Å²) < 4.78 is 1.92. The van der Waals surface area contributed by atoms with E-state index < -0.39 is 0 Å². The third kappa shape index (κ3) is 2.40. The highest BCUT2D eigenvalue weighted by molar-refractivity contribution is 7.99. The van der Waals surface area contributed by atoms with Crippen LogP contribution in [0.2, 0.25) is 0 Å². The molecule has 0 N–H and O–H groups in total. The van der Waals surface area contributed by atoms with E-state index in [0.717, 1.165) is 18.6 Å². The highest BCUT2D eigenvalue weighted by atomic mass is 32.2. The molecule has 2 aromatic heterocycles. The van der Waals surface area contributed by atoms with Gasteiger partial charge in [0.05, 0.1) is 11.7 Å². The number of anilines is 1. The molecule has 0 aliphatic carbocycles. The number of pyridine rings is 1. The number of fused-ring (bicyclic) bond motifs is 1. The van der Waals surface area contributed by atoms with Gasteiger partial charge in [-0.3, -0.25) is 0 Å². The van der Waals surface area contributed by atoms with Gasteiger partial charge in [-0.15, -0.1) is 0 Å². The Kier molecular flexibility index (Phi) is 3.31. The molecule has 3 aromatic rings. The second kappa shape index (κ2) is 5.45. The number of thioether (sulfide) groups is 1. The molecule has 3 heterocycles. The molecule has 1 fully saturated rings. The van der Waals surface area contributed by atoms with Crippen molar-refractivity contribution >= 4 is 23.0 Å². The second-order valence-electron chi connectivity index (χ2n) is 5.23. The Balaban J connectivity index is 1.67. The molecule has 0 atom stereocenters. The molecule has 1 saturated heterocycles. The van der Waals surface area contributed by atoms with E-state index in [1.807, 2.05) is 34.7 Å². The van der Waals surface area contributed by atoms with Gasteiger partial charge in [0.1, 0.15) is 0 Å². The van der Waals surface area contributed by atoms with Gasteiger partial charge in [0, 0.05) is 42.0 Å². The van der Waals surface area contributed by atoms with Gasteiger partial charge in [0.25, 0.3) is 0 Å². The first-order chi connectivity index (χ1) is 10.4. The van der Waals surface area contributed by atoms with Crippen molar-refractivity contribution in [3.8, 4) is 11.1 Å². The van der Waals surface area contributed by atoms with Crippen LogP contribution in [-0.2, 0) is 0 Å². The maximum absolute atomic E-state index is 4.41. The van der Waals surface area contributed by atoms with Crippen molar-refractivity contribution in [1.82, 2.24) is 9.61 Å². The molecule has 1 aliphatic heterocycles. The van der Waals surface area contributed by atoms with Crippen LogP contribution < -0.4 is 4.90 Å². The van der Waals surface area contributed by atoms with Crippen LogP contribution in [0.1, 0.15) is 0 Å². The topological polar surface area (TPSA) is 20.5 Å². The fourth-order valence-corrected chi connectivity index (χ4v) is 3.73. The van der Waals surface area contributed by atoms with Crippen LogP contribution in [0.5, 0.6) is 0 Å². The average molecular weight is 295 g/mol. The van der Waals surface area contributed by atoms with E-state index >= 15 is 0 Å². The van der Waals surface area contributed by atoms with Gasteiger partial charge in [-0.2, -0.15) is 16.9 Å². The number of rotatable bonds is 2. The van der Waals surface area contributed by atoms with E-state index in [1.165, 1.54) is 28.3 Å². The first-order valence-corrected chi connectivity index (χ1v) is 8.43. The zero-order valence-corrected chi connectivity index (χ0v) is 12.6. The van der Waals surface area contributed by atoms with Crippen molar-refractivity contribution < 1.29 is 0 Å². The molecular formula is C17H17N3S. The Morgan fingerprint density at radius 2 is 1.76 bits per heavy atom. The van der Waals surface area contributed by atoms with Crippen LogP contribution in [-0.4, -0.2) is 34.2 Å².